The van der Waals surface area contributed by atoms with Crippen molar-refractivity contribution < 1.29 is 4.42 Å². The van der Waals surface area contributed by atoms with Crippen molar-refractivity contribution in [2.24, 2.45) is 0 Å². The van der Waals surface area contributed by atoms with E-state index >= 15 is 0 Å². The van der Waals surface area contributed by atoms with Crippen molar-refractivity contribution in [3.63, 3.8) is 0 Å². The van der Waals surface area contributed by atoms with E-state index < -0.39 is 0 Å². The summed E-state index contributed by atoms with van der Waals surface area (Å²) in [6.07, 6.45) is 0. The van der Waals surface area contributed by atoms with Crippen molar-refractivity contribution in [3.05, 3.63) is 200 Å². The Kier molecular flexibility index (Phi) is 7.80. The quantitative estimate of drug-likeness (QED) is 0.163. The summed E-state index contributed by atoms with van der Waals surface area (Å²) in [5, 5.41) is 2.35. The zero-order valence-electron chi connectivity index (χ0n) is 27.8. The van der Waals surface area contributed by atoms with Crippen molar-refractivity contribution in [1.82, 2.24) is 4.98 Å². The van der Waals surface area contributed by atoms with Gasteiger partial charge in [-0.2, -0.15) is 0 Å². The first-order valence-electron chi connectivity index (χ1n) is 17.1. The van der Waals surface area contributed by atoms with Crippen LogP contribution in [0.15, 0.2) is 205 Å². The van der Waals surface area contributed by atoms with Crippen molar-refractivity contribution in [2.75, 3.05) is 9.80 Å². The molecule has 1 aromatic heterocycles. The Morgan fingerprint density at radius 3 is 1.53 bits per heavy atom. The van der Waals surface area contributed by atoms with E-state index in [1.165, 1.54) is 10.9 Å². The number of fused-ring (bicyclic) bond motifs is 2. The summed E-state index contributed by atoms with van der Waals surface area (Å²) in [5.41, 5.74) is 10.7. The molecule has 242 valence electrons. The van der Waals surface area contributed by atoms with Crippen LogP contribution in [0.5, 0.6) is 0 Å². The molecule has 9 rings (SSSR count). The minimum atomic E-state index is 0.578. The van der Waals surface area contributed by atoms with Crippen molar-refractivity contribution in [3.8, 4) is 22.6 Å². The Morgan fingerprint density at radius 1 is 0.353 bits per heavy atom. The fourth-order valence-corrected chi connectivity index (χ4v) is 6.78. The van der Waals surface area contributed by atoms with Crippen LogP contribution in [-0.2, 0) is 0 Å². The van der Waals surface area contributed by atoms with E-state index in [1.807, 2.05) is 48.5 Å². The number of oxazole rings is 1. The van der Waals surface area contributed by atoms with E-state index in [9.17, 15) is 0 Å². The van der Waals surface area contributed by atoms with Gasteiger partial charge in [0.25, 0.3) is 0 Å². The molecule has 9 aromatic rings. The number of hydrogen-bond acceptors (Lipinski definition) is 4. The fraction of sp³-hybridized carbons (Fsp3) is 0. The number of rotatable bonds is 8. The number of anilines is 6. The number of para-hydroxylation sites is 2. The standard InChI is InChI=1S/C47H33N3O/c1-5-15-34(16-6-1)36-25-28-41(29-26-36)49(39-21-9-3-10-22-39)43-32-44(46-45(33-43)51-47(48-46)37-18-7-2-8-19-37)50(40-23-11-4-12-24-40)42-30-27-35-17-13-14-20-38(35)31-42/h1-33H. The molecular formula is C47H33N3O. The zero-order chi connectivity index (χ0) is 34.0. The maximum atomic E-state index is 6.66. The van der Waals surface area contributed by atoms with E-state index in [0.29, 0.717) is 11.5 Å². The van der Waals surface area contributed by atoms with Crippen molar-refractivity contribution >= 4 is 56.0 Å². The normalized spacial score (nSPS) is 11.1. The summed E-state index contributed by atoms with van der Waals surface area (Å²) < 4.78 is 6.66. The van der Waals surface area contributed by atoms with Gasteiger partial charge in [0.2, 0.25) is 5.89 Å². The van der Waals surface area contributed by atoms with Gasteiger partial charge in [-0.05, 0) is 88.6 Å². The summed E-state index contributed by atoms with van der Waals surface area (Å²) in [5.74, 6) is 0.578. The molecule has 4 nitrogen and oxygen atoms in total. The molecule has 0 saturated heterocycles. The third-order valence-electron chi connectivity index (χ3n) is 9.23. The second-order valence-corrected chi connectivity index (χ2v) is 12.5. The molecule has 0 fully saturated rings. The first kappa shape index (κ1) is 30.2. The van der Waals surface area contributed by atoms with Gasteiger partial charge >= 0.3 is 0 Å². The van der Waals surface area contributed by atoms with Crippen LogP contribution in [0.25, 0.3) is 44.5 Å². The Bertz CT molecular complexity index is 2570. The topological polar surface area (TPSA) is 32.5 Å². The first-order chi connectivity index (χ1) is 25.3. The lowest BCUT2D eigenvalue weighted by Gasteiger charge is -2.29. The molecule has 0 spiro atoms. The van der Waals surface area contributed by atoms with E-state index in [4.69, 9.17) is 9.40 Å². The van der Waals surface area contributed by atoms with Crippen LogP contribution in [0.1, 0.15) is 0 Å². The second kappa shape index (κ2) is 13.2. The van der Waals surface area contributed by atoms with Gasteiger partial charge in [0.1, 0.15) is 5.52 Å². The Balaban J connectivity index is 1.29. The van der Waals surface area contributed by atoms with E-state index in [2.05, 4.69) is 161 Å². The van der Waals surface area contributed by atoms with Crippen LogP contribution in [0.4, 0.5) is 34.1 Å². The highest BCUT2D eigenvalue weighted by molar-refractivity contribution is 6.00. The van der Waals surface area contributed by atoms with Gasteiger partial charge in [0, 0.05) is 34.4 Å². The molecule has 51 heavy (non-hydrogen) atoms. The van der Waals surface area contributed by atoms with Gasteiger partial charge in [-0.15, -0.1) is 0 Å². The molecule has 0 saturated carbocycles. The predicted octanol–water partition coefficient (Wildman–Crippen LogP) is 13.3. The fourth-order valence-electron chi connectivity index (χ4n) is 6.78. The highest BCUT2D eigenvalue weighted by Gasteiger charge is 2.24. The van der Waals surface area contributed by atoms with Gasteiger partial charge in [-0.25, -0.2) is 4.98 Å². The average molecular weight is 656 g/mol. The molecule has 0 aliphatic rings. The van der Waals surface area contributed by atoms with Gasteiger partial charge in [-0.1, -0.05) is 127 Å². The van der Waals surface area contributed by atoms with Crippen LogP contribution in [0.2, 0.25) is 0 Å². The molecule has 0 aliphatic carbocycles. The molecule has 8 aromatic carbocycles. The maximum Gasteiger partial charge on any atom is 0.227 e. The molecule has 0 unspecified atom stereocenters. The highest BCUT2D eigenvalue weighted by Crippen LogP contribution is 2.45. The predicted molar refractivity (Wildman–Crippen MR) is 212 cm³/mol. The third kappa shape index (κ3) is 5.90. The van der Waals surface area contributed by atoms with E-state index in [-0.39, 0.29) is 0 Å². The maximum absolute atomic E-state index is 6.66. The molecule has 0 atom stereocenters. The molecule has 0 amide bonds. The third-order valence-corrected chi connectivity index (χ3v) is 9.23. The smallest absolute Gasteiger partial charge is 0.227 e. The van der Waals surface area contributed by atoms with Crippen LogP contribution in [0.3, 0.4) is 0 Å². The SMILES string of the molecule is c1ccc(-c2ccc(N(c3ccccc3)c3cc(N(c4ccccc4)c4ccc5ccccc5c4)c4nc(-c5ccccc5)oc4c3)cc2)cc1. The number of benzene rings is 8. The monoisotopic (exact) mass is 655 g/mol. The summed E-state index contributed by atoms with van der Waals surface area (Å²) in [7, 11) is 0. The van der Waals surface area contributed by atoms with Crippen LogP contribution >= 0.6 is 0 Å². The van der Waals surface area contributed by atoms with Crippen molar-refractivity contribution in [1.29, 1.82) is 0 Å². The van der Waals surface area contributed by atoms with Gasteiger partial charge in [-0.3, -0.25) is 0 Å². The van der Waals surface area contributed by atoms with Gasteiger partial charge < -0.3 is 14.2 Å². The number of hydrogen-bond donors (Lipinski definition) is 0. The summed E-state index contributed by atoms with van der Waals surface area (Å²) in [6, 6.07) is 69.7. The zero-order valence-corrected chi connectivity index (χ0v) is 27.8. The largest absolute Gasteiger partial charge is 0.436 e. The molecule has 0 radical (unpaired) electrons. The highest BCUT2D eigenvalue weighted by atomic mass is 16.3. The minimum Gasteiger partial charge on any atom is -0.436 e. The number of nitrogens with zero attached hydrogens (tertiary/aromatic N) is 3. The lowest BCUT2D eigenvalue weighted by Crippen LogP contribution is -2.13. The van der Waals surface area contributed by atoms with Crippen LogP contribution < -0.4 is 9.80 Å². The van der Waals surface area contributed by atoms with Crippen molar-refractivity contribution in [2.45, 2.75) is 0 Å². The summed E-state index contributed by atoms with van der Waals surface area (Å²) in [4.78, 5) is 9.75. The molecule has 0 aliphatic heterocycles. The lowest BCUT2D eigenvalue weighted by atomic mass is 10.0. The number of aromatic nitrogens is 1. The molecule has 1 heterocycles. The molecule has 0 bridgehead atoms. The minimum absolute atomic E-state index is 0.578. The average Bonchev–Trinajstić information content (AvgIpc) is 3.65. The van der Waals surface area contributed by atoms with Crippen LogP contribution in [0, 0.1) is 0 Å². The van der Waals surface area contributed by atoms with E-state index in [0.717, 1.165) is 56.2 Å². The summed E-state index contributed by atoms with van der Waals surface area (Å²) >= 11 is 0. The second-order valence-electron chi connectivity index (χ2n) is 12.5. The summed E-state index contributed by atoms with van der Waals surface area (Å²) in [6.45, 7) is 0. The van der Waals surface area contributed by atoms with Gasteiger partial charge in [0.15, 0.2) is 5.58 Å². The first-order valence-corrected chi connectivity index (χ1v) is 17.1. The Hall–Kier alpha value is -6.91. The lowest BCUT2D eigenvalue weighted by molar-refractivity contribution is 0.620. The van der Waals surface area contributed by atoms with E-state index in [1.54, 1.807) is 0 Å². The van der Waals surface area contributed by atoms with Crippen LogP contribution in [-0.4, -0.2) is 4.98 Å². The Labute approximate surface area is 297 Å². The Morgan fingerprint density at radius 2 is 0.863 bits per heavy atom. The van der Waals surface area contributed by atoms with Gasteiger partial charge in [0.05, 0.1) is 11.4 Å². The molecular weight excluding hydrogens is 623 g/mol. The molecule has 0 N–H and O–H groups in total. The molecule has 4 heteroatoms.